The Bertz CT molecular complexity index is 594. The van der Waals surface area contributed by atoms with Crippen molar-refractivity contribution < 1.29 is 9.47 Å². The third-order valence-corrected chi connectivity index (χ3v) is 3.82. The molecule has 2 nitrogen and oxygen atoms in total. The lowest BCUT2D eigenvalue weighted by Crippen LogP contribution is -1.94. The van der Waals surface area contributed by atoms with Crippen LogP contribution in [0.25, 0.3) is 0 Å². The maximum Gasteiger partial charge on any atom is 0.169 e. The summed E-state index contributed by atoms with van der Waals surface area (Å²) in [6.45, 7) is 4.20. The summed E-state index contributed by atoms with van der Waals surface area (Å²) in [7, 11) is 1.67. The second-order valence-electron chi connectivity index (χ2n) is 4.69. The van der Waals surface area contributed by atoms with E-state index in [4.69, 9.17) is 9.47 Å². The third-order valence-electron chi connectivity index (χ3n) is 3.22. The van der Waals surface area contributed by atoms with Crippen LogP contribution in [0.3, 0.4) is 0 Å². The molecule has 0 aliphatic heterocycles. The Kier molecular flexibility index (Phi) is 5.07. The molecule has 0 radical (unpaired) electrons. The molecule has 0 unspecified atom stereocenters. The van der Waals surface area contributed by atoms with Crippen molar-refractivity contribution in [1.82, 2.24) is 0 Å². The van der Waals surface area contributed by atoms with Crippen molar-refractivity contribution in [3.8, 4) is 17.2 Å². The number of methoxy groups -OCH3 is 1. The zero-order valence-electron chi connectivity index (χ0n) is 12.1. The van der Waals surface area contributed by atoms with Crippen LogP contribution in [0.1, 0.15) is 23.6 Å². The molecule has 0 saturated heterocycles. The molecule has 0 saturated carbocycles. The maximum atomic E-state index is 6.02. The highest BCUT2D eigenvalue weighted by molar-refractivity contribution is 9.08. The quantitative estimate of drug-likeness (QED) is 0.695. The molecule has 0 bridgehead atoms. The first-order valence-electron chi connectivity index (χ1n) is 6.68. The zero-order chi connectivity index (χ0) is 14.5. The predicted molar refractivity (Wildman–Crippen MR) is 86.3 cm³/mol. The van der Waals surface area contributed by atoms with Crippen LogP contribution < -0.4 is 9.47 Å². The zero-order valence-corrected chi connectivity index (χ0v) is 13.7. The Hall–Kier alpha value is -1.48. The predicted octanol–water partition coefficient (Wildman–Crippen LogP) is 5.25. The summed E-state index contributed by atoms with van der Waals surface area (Å²) in [5.41, 5.74) is 3.59. The summed E-state index contributed by atoms with van der Waals surface area (Å²) in [5, 5.41) is 0.763. The number of aryl methyl sites for hydroxylation is 2. The van der Waals surface area contributed by atoms with Gasteiger partial charge in [0.05, 0.1) is 7.11 Å². The molecule has 0 aromatic heterocycles. The number of ether oxygens (including phenoxy) is 2. The van der Waals surface area contributed by atoms with Crippen molar-refractivity contribution >= 4 is 15.9 Å². The first kappa shape index (κ1) is 14.9. The fraction of sp³-hybridized carbons (Fsp3) is 0.294. The highest BCUT2D eigenvalue weighted by atomic mass is 79.9. The Morgan fingerprint density at radius 3 is 2.40 bits per heavy atom. The molecule has 2 aromatic rings. The lowest BCUT2D eigenvalue weighted by molar-refractivity contribution is 0.377. The second-order valence-corrected chi connectivity index (χ2v) is 5.25. The number of halogens is 1. The Morgan fingerprint density at radius 2 is 1.75 bits per heavy atom. The van der Waals surface area contributed by atoms with Crippen molar-refractivity contribution in [2.75, 3.05) is 7.11 Å². The van der Waals surface area contributed by atoms with Gasteiger partial charge in [-0.25, -0.2) is 0 Å². The SMILES string of the molecule is CCc1ccc(Oc2ccc(C)cc2CBr)c(OC)c1. The van der Waals surface area contributed by atoms with E-state index in [2.05, 4.69) is 41.9 Å². The van der Waals surface area contributed by atoms with Crippen LogP contribution in [0.5, 0.6) is 17.2 Å². The minimum atomic E-state index is 0.746. The lowest BCUT2D eigenvalue weighted by atomic mass is 10.1. The van der Waals surface area contributed by atoms with E-state index in [1.807, 2.05) is 24.3 Å². The van der Waals surface area contributed by atoms with E-state index in [9.17, 15) is 0 Å². The molecule has 0 N–H and O–H groups in total. The molecule has 0 aliphatic carbocycles. The molecule has 2 aromatic carbocycles. The fourth-order valence-corrected chi connectivity index (χ4v) is 2.49. The van der Waals surface area contributed by atoms with Gasteiger partial charge in [-0.15, -0.1) is 0 Å². The first-order chi connectivity index (χ1) is 9.67. The van der Waals surface area contributed by atoms with E-state index in [0.717, 1.165) is 34.6 Å². The normalized spacial score (nSPS) is 10.4. The van der Waals surface area contributed by atoms with E-state index in [0.29, 0.717) is 0 Å². The molecule has 106 valence electrons. The van der Waals surface area contributed by atoms with Gasteiger partial charge >= 0.3 is 0 Å². The van der Waals surface area contributed by atoms with Gasteiger partial charge in [-0.3, -0.25) is 0 Å². The van der Waals surface area contributed by atoms with Gasteiger partial charge in [0.15, 0.2) is 11.5 Å². The van der Waals surface area contributed by atoms with Gasteiger partial charge in [0, 0.05) is 10.9 Å². The smallest absolute Gasteiger partial charge is 0.169 e. The van der Waals surface area contributed by atoms with Crippen LogP contribution >= 0.6 is 15.9 Å². The fourth-order valence-electron chi connectivity index (χ4n) is 2.05. The van der Waals surface area contributed by atoms with Crippen molar-refractivity contribution in [2.24, 2.45) is 0 Å². The molecular formula is C17H19BrO2. The van der Waals surface area contributed by atoms with Crippen molar-refractivity contribution in [3.63, 3.8) is 0 Å². The summed E-state index contributed by atoms with van der Waals surface area (Å²) < 4.78 is 11.4. The molecule has 0 aliphatic rings. The molecule has 20 heavy (non-hydrogen) atoms. The molecular weight excluding hydrogens is 316 g/mol. The minimum absolute atomic E-state index is 0.746. The van der Waals surface area contributed by atoms with Crippen LogP contribution in [0.15, 0.2) is 36.4 Å². The molecule has 3 heteroatoms. The van der Waals surface area contributed by atoms with Gasteiger partial charge in [-0.1, -0.05) is 46.6 Å². The third kappa shape index (κ3) is 3.34. The number of hydrogen-bond donors (Lipinski definition) is 0. The topological polar surface area (TPSA) is 18.5 Å². The largest absolute Gasteiger partial charge is 0.493 e. The second kappa shape index (κ2) is 6.80. The van der Waals surface area contributed by atoms with Gasteiger partial charge in [-0.2, -0.15) is 0 Å². The highest BCUT2D eigenvalue weighted by Gasteiger charge is 2.09. The molecule has 0 atom stereocenters. The first-order valence-corrected chi connectivity index (χ1v) is 7.80. The van der Waals surface area contributed by atoms with E-state index >= 15 is 0 Å². The maximum absolute atomic E-state index is 6.02. The summed E-state index contributed by atoms with van der Waals surface area (Å²) in [6.07, 6.45) is 0.980. The van der Waals surface area contributed by atoms with Gasteiger partial charge in [-0.05, 0) is 37.1 Å². The average Bonchev–Trinajstić information content (AvgIpc) is 2.49. The van der Waals surface area contributed by atoms with Crippen LogP contribution in [0.4, 0.5) is 0 Å². The molecule has 0 fully saturated rings. The molecule has 2 rings (SSSR count). The Morgan fingerprint density at radius 1 is 1.00 bits per heavy atom. The van der Waals surface area contributed by atoms with E-state index < -0.39 is 0 Å². The van der Waals surface area contributed by atoms with Crippen molar-refractivity contribution in [1.29, 1.82) is 0 Å². The summed E-state index contributed by atoms with van der Waals surface area (Å²) in [4.78, 5) is 0. The van der Waals surface area contributed by atoms with Gasteiger partial charge in [0.2, 0.25) is 0 Å². The van der Waals surface area contributed by atoms with E-state index in [-0.39, 0.29) is 0 Å². The van der Waals surface area contributed by atoms with Crippen LogP contribution in [0.2, 0.25) is 0 Å². The minimum Gasteiger partial charge on any atom is -0.493 e. The van der Waals surface area contributed by atoms with Gasteiger partial charge in [0.1, 0.15) is 5.75 Å². The standard InChI is InChI=1S/C17H19BrO2/c1-4-13-6-8-16(17(10-13)19-3)20-15-7-5-12(2)9-14(15)11-18/h5-10H,4,11H2,1-3H3. The van der Waals surface area contributed by atoms with Crippen LogP contribution in [-0.2, 0) is 11.8 Å². The van der Waals surface area contributed by atoms with Crippen molar-refractivity contribution in [2.45, 2.75) is 25.6 Å². The molecule has 0 heterocycles. The van der Waals surface area contributed by atoms with E-state index in [1.54, 1.807) is 7.11 Å². The highest BCUT2D eigenvalue weighted by Crippen LogP contribution is 2.34. The van der Waals surface area contributed by atoms with Crippen LogP contribution in [0, 0.1) is 6.92 Å². The monoisotopic (exact) mass is 334 g/mol. The molecule has 0 amide bonds. The average molecular weight is 335 g/mol. The number of alkyl halides is 1. The summed E-state index contributed by atoms with van der Waals surface area (Å²) >= 11 is 3.50. The number of rotatable bonds is 5. The number of hydrogen-bond acceptors (Lipinski definition) is 2. The Labute approximate surface area is 128 Å². The van der Waals surface area contributed by atoms with Gasteiger partial charge < -0.3 is 9.47 Å². The van der Waals surface area contributed by atoms with E-state index in [1.165, 1.54) is 11.1 Å². The summed E-state index contributed by atoms with van der Waals surface area (Å²) in [6, 6.07) is 12.2. The summed E-state index contributed by atoms with van der Waals surface area (Å²) in [5.74, 6) is 2.37. The van der Waals surface area contributed by atoms with Gasteiger partial charge in [0.25, 0.3) is 0 Å². The van der Waals surface area contributed by atoms with Crippen molar-refractivity contribution in [3.05, 3.63) is 53.1 Å². The number of benzene rings is 2. The Balaban J connectivity index is 2.34. The van der Waals surface area contributed by atoms with Crippen LogP contribution in [-0.4, -0.2) is 7.11 Å². The molecule has 0 spiro atoms. The lowest BCUT2D eigenvalue weighted by Gasteiger charge is -2.14.